The molecule has 0 spiro atoms. The second-order valence-electron chi connectivity index (χ2n) is 3.30. The van der Waals surface area contributed by atoms with Gasteiger partial charge in [-0.2, -0.15) is 5.10 Å². The highest BCUT2D eigenvalue weighted by Gasteiger charge is 2.20. The molecule has 0 aliphatic carbocycles. The lowest BCUT2D eigenvalue weighted by atomic mass is 10.0. The van der Waals surface area contributed by atoms with Crippen molar-refractivity contribution >= 4 is 11.5 Å². The van der Waals surface area contributed by atoms with Gasteiger partial charge in [0.1, 0.15) is 5.82 Å². The molecular weight excluding hydrogens is 184 g/mol. The monoisotopic (exact) mass is 200 g/mol. The summed E-state index contributed by atoms with van der Waals surface area (Å²) in [5.74, 6) is 0.0843. The van der Waals surface area contributed by atoms with Gasteiger partial charge in [-0.15, -0.1) is 0 Å². The number of rotatable bonds is 4. The number of anilines is 2. The topological polar surface area (TPSA) is 110 Å². The van der Waals surface area contributed by atoms with E-state index in [2.05, 4.69) is 5.10 Å². The van der Waals surface area contributed by atoms with Gasteiger partial charge in [-0.25, -0.2) is 4.68 Å². The van der Waals surface area contributed by atoms with Crippen LogP contribution < -0.4 is 11.5 Å². The summed E-state index contributed by atoms with van der Waals surface area (Å²) in [6, 6.07) is -0.178. The third-order valence-electron chi connectivity index (χ3n) is 2.40. The molecule has 0 aliphatic heterocycles. The van der Waals surface area contributed by atoms with Crippen molar-refractivity contribution in [2.45, 2.75) is 13.0 Å². The largest absolute Gasteiger partial charge is 0.396 e. The van der Waals surface area contributed by atoms with E-state index >= 15 is 0 Å². The van der Waals surface area contributed by atoms with E-state index in [1.807, 2.05) is 6.92 Å². The highest BCUT2D eigenvalue weighted by atomic mass is 16.3. The molecule has 0 bridgehead atoms. The molecule has 0 saturated heterocycles. The van der Waals surface area contributed by atoms with Crippen LogP contribution in [-0.2, 0) is 0 Å². The maximum absolute atomic E-state index is 8.98. The summed E-state index contributed by atoms with van der Waals surface area (Å²) in [6.07, 6.45) is 1.46. The van der Waals surface area contributed by atoms with Gasteiger partial charge in [0.15, 0.2) is 0 Å². The first kappa shape index (κ1) is 10.8. The van der Waals surface area contributed by atoms with Crippen LogP contribution in [0.5, 0.6) is 0 Å². The highest BCUT2D eigenvalue weighted by molar-refractivity contribution is 5.57. The first-order valence-corrected chi connectivity index (χ1v) is 4.42. The summed E-state index contributed by atoms with van der Waals surface area (Å²) in [4.78, 5) is 0. The minimum absolute atomic E-state index is 0.114. The summed E-state index contributed by atoms with van der Waals surface area (Å²) in [7, 11) is 0. The Bertz CT molecular complexity index is 296. The summed E-state index contributed by atoms with van der Waals surface area (Å²) in [5, 5.41) is 21.9. The number of hydrogen-bond donors (Lipinski definition) is 4. The molecule has 6 nitrogen and oxygen atoms in total. The van der Waals surface area contributed by atoms with Crippen LogP contribution in [0.3, 0.4) is 0 Å². The lowest BCUT2D eigenvalue weighted by Gasteiger charge is -2.21. The Balaban J connectivity index is 2.87. The number of aliphatic hydroxyl groups is 2. The zero-order chi connectivity index (χ0) is 10.7. The van der Waals surface area contributed by atoms with Gasteiger partial charge in [-0.1, -0.05) is 0 Å². The Morgan fingerprint density at radius 1 is 1.43 bits per heavy atom. The van der Waals surface area contributed by atoms with E-state index in [0.29, 0.717) is 11.5 Å². The first-order chi connectivity index (χ1) is 6.61. The third kappa shape index (κ3) is 1.80. The molecule has 80 valence electrons. The van der Waals surface area contributed by atoms with E-state index in [1.165, 1.54) is 10.9 Å². The molecule has 1 atom stereocenters. The molecule has 0 aliphatic rings. The van der Waals surface area contributed by atoms with Crippen LogP contribution in [-0.4, -0.2) is 33.2 Å². The molecule has 0 amide bonds. The van der Waals surface area contributed by atoms with Crippen LogP contribution in [0.15, 0.2) is 6.20 Å². The molecular formula is C8H16N4O2. The minimum Gasteiger partial charge on any atom is -0.396 e. The van der Waals surface area contributed by atoms with Gasteiger partial charge in [0, 0.05) is 5.92 Å². The maximum Gasteiger partial charge on any atom is 0.145 e. The van der Waals surface area contributed by atoms with E-state index < -0.39 is 0 Å². The molecule has 1 aromatic heterocycles. The van der Waals surface area contributed by atoms with Gasteiger partial charge < -0.3 is 21.7 Å². The Kier molecular flexibility index (Phi) is 3.32. The lowest BCUT2D eigenvalue weighted by Crippen LogP contribution is -2.25. The van der Waals surface area contributed by atoms with E-state index in [9.17, 15) is 0 Å². The number of aromatic nitrogens is 2. The molecule has 0 aromatic carbocycles. The van der Waals surface area contributed by atoms with E-state index in [-0.39, 0.29) is 25.2 Å². The number of aliphatic hydroxyl groups excluding tert-OH is 2. The Morgan fingerprint density at radius 3 is 2.36 bits per heavy atom. The van der Waals surface area contributed by atoms with Crippen LogP contribution in [0.1, 0.15) is 13.0 Å². The fourth-order valence-corrected chi connectivity index (χ4v) is 1.27. The van der Waals surface area contributed by atoms with Gasteiger partial charge in [0.2, 0.25) is 0 Å². The SMILES string of the molecule is CC(C(CO)CO)n1ncc(N)c1N. The van der Waals surface area contributed by atoms with Gasteiger partial charge in [-0.3, -0.25) is 0 Å². The predicted octanol–water partition coefficient (Wildman–Crippen LogP) is -0.791. The summed E-state index contributed by atoms with van der Waals surface area (Å²) >= 11 is 0. The van der Waals surface area contributed by atoms with Crippen LogP contribution in [0.2, 0.25) is 0 Å². The number of nitrogen functional groups attached to an aromatic ring is 2. The van der Waals surface area contributed by atoms with Crippen molar-refractivity contribution in [3.05, 3.63) is 6.20 Å². The maximum atomic E-state index is 8.98. The third-order valence-corrected chi connectivity index (χ3v) is 2.40. The molecule has 6 N–H and O–H groups in total. The van der Waals surface area contributed by atoms with Gasteiger partial charge >= 0.3 is 0 Å². The lowest BCUT2D eigenvalue weighted by molar-refractivity contribution is 0.112. The van der Waals surface area contributed by atoms with Gasteiger partial charge in [0.05, 0.1) is 31.1 Å². The predicted molar refractivity (Wildman–Crippen MR) is 53.4 cm³/mol. The first-order valence-electron chi connectivity index (χ1n) is 4.42. The van der Waals surface area contributed by atoms with Crippen LogP contribution >= 0.6 is 0 Å². The van der Waals surface area contributed by atoms with Gasteiger partial charge in [0.25, 0.3) is 0 Å². The second-order valence-corrected chi connectivity index (χ2v) is 3.30. The van der Waals surface area contributed by atoms with E-state index in [0.717, 1.165) is 0 Å². The number of nitrogens with zero attached hydrogens (tertiary/aromatic N) is 2. The molecule has 0 radical (unpaired) electrons. The van der Waals surface area contributed by atoms with Crippen molar-refractivity contribution in [3.8, 4) is 0 Å². The fourth-order valence-electron chi connectivity index (χ4n) is 1.27. The van der Waals surface area contributed by atoms with Crippen molar-refractivity contribution in [1.29, 1.82) is 0 Å². The van der Waals surface area contributed by atoms with E-state index in [1.54, 1.807) is 0 Å². The molecule has 14 heavy (non-hydrogen) atoms. The Labute approximate surface area is 82.1 Å². The van der Waals surface area contributed by atoms with Crippen molar-refractivity contribution in [2.24, 2.45) is 5.92 Å². The van der Waals surface area contributed by atoms with Crippen molar-refractivity contribution in [3.63, 3.8) is 0 Å². The Morgan fingerprint density at radius 2 is 2.00 bits per heavy atom. The molecule has 1 rings (SSSR count). The summed E-state index contributed by atoms with van der Waals surface area (Å²) in [5.41, 5.74) is 11.6. The summed E-state index contributed by atoms with van der Waals surface area (Å²) < 4.78 is 1.51. The van der Waals surface area contributed by atoms with Crippen molar-refractivity contribution in [2.75, 3.05) is 24.7 Å². The second kappa shape index (κ2) is 4.30. The molecule has 0 fully saturated rings. The van der Waals surface area contributed by atoms with Crippen molar-refractivity contribution < 1.29 is 10.2 Å². The van der Waals surface area contributed by atoms with Crippen LogP contribution in [0.4, 0.5) is 11.5 Å². The molecule has 6 heteroatoms. The molecule has 1 heterocycles. The molecule has 1 unspecified atom stereocenters. The van der Waals surface area contributed by atoms with E-state index in [4.69, 9.17) is 21.7 Å². The summed E-state index contributed by atoms with van der Waals surface area (Å²) in [6.45, 7) is 1.59. The highest BCUT2D eigenvalue weighted by Crippen LogP contribution is 2.23. The standard InChI is InChI=1S/C8H16N4O2/c1-5(6(3-13)4-14)12-8(10)7(9)2-11-12/h2,5-6,13-14H,3-4,9-10H2,1H3. The van der Waals surface area contributed by atoms with Crippen LogP contribution in [0, 0.1) is 5.92 Å². The number of nitrogens with two attached hydrogens (primary N) is 2. The zero-order valence-corrected chi connectivity index (χ0v) is 8.09. The fraction of sp³-hybridized carbons (Fsp3) is 0.625. The molecule has 0 saturated carbocycles. The van der Waals surface area contributed by atoms with Crippen molar-refractivity contribution in [1.82, 2.24) is 9.78 Å². The normalized spacial score (nSPS) is 13.4. The zero-order valence-electron chi connectivity index (χ0n) is 8.09. The minimum atomic E-state index is -0.281. The smallest absolute Gasteiger partial charge is 0.145 e. The number of hydrogen-bond acceptors (Lipinski definition) is 5. The van der Waals surface area contributed by atoms with Gasteiger partial charge in [-0.05, 0) is 6.92 Å². The average molecular weight is 200 g/mol. The average Bonchev–Trinajstić information content (AvgIpc) is 2.49. The van der Waals surface area contributed by atoms with Crippen LogP contribution in [0.25, 0.3) is 0 Å². The molecule has 1 aromatic rings. The Hall–Kier alpha value is -1.27. The quantitative estimate of drug-likeness (QED) is 0.509.